The molecule has 5 heteroatoms. The molecule has 0 atom stereocenters. The predicted molar refractivity (Wildman–Crippen MR) is 56.9 cm³/mol. The summed E-state index contributed by atoms with van der Waals surface area (Å²) in [6.07, 6.45) is 1.28. The molecular formula is C8H8Cl2N2O. The van der Waals surface area contributed by atoms with E-state index in [-0.39, 0.29) is 30.4 Å². The SMILES string of the molecule is Cl.Cl.O=c1cnc2ccccc2[nH]1. The molecule has 0 saturated heterocycles. The summed E-state index contributed by atoms with van der Waals surface area (Å²) in [5.41, 5.74) is 1.43. The van der Waals surface area contributed by atoms with Crippen LogP contribution >= 0.6 is 24.8 Å². The molecular weight excluding hydrogens is 211 g/mol. The Morgan fingerprint density at radius 3 is 2.62 bits per heavy atom. The van der Waals surface area contributed by atoms with Gasteiger partial charge in [-0.2, -0.15) is 0 Å². The van der Waals surface area contributed by atoms with Crippen LogP contribution in [0.1, 0.15) is 0 Å². The summed E-state index contributed by atoms with van der Waals surface area (Å²) in [7, 11) is 0. The maximum Gasteiger partial charge on any atom is 0.266 e. The van der Waals surface area contributed by atoms with Crippen molar-refractivity contribution in [2.24, 2.45) is 0 Å². The Labute approximate surface area is 87.0 Å². The second-order valence-corrected chi connectivity index (χ2v) is 2.26. The van der Waals surface area contributed by atoms with E-state index >= 15 is 0 Å². The molecule has 3 nitrogen and oxygen atoms in total. The van der Waals surface area contributed by atoms with E-state index in [0.29, 0.717) is 0 Å². The van der Waals surface area contributed by atoms with Gasteiger partial charge in [0.1, 0.15) is 0 Å². The first-order valence-electron chi connectivity index (χ1n) is 3.30. The molecule has 0 unspecified atom stereocenters. The first-order valence-corrected chi connectivity index (χ1v) is 3.30. The lowest BCUT2D eigenvalue weighted by Crippen LogP contribution is -2.04. The fourth-order valence-corrected chi connectivity index (χ4v) is 0.985. The highest BCUT2D eigenvalue weighted by molar-refractivity contribution is 5.85. The van der Waals surface area contributed by atoms with E-state index in [1.807, 2.05) is 24.3 Å². The van der Waals surface area contributed by atoms with Gasteiger partial charge in [-0.25, -0.2) is 4.98 Å². The summed E-state index contributed by atoms with van der Waals surface area (Å²) in [4.78, 5) is 17.4. The molecule has 2 rings (SSSR count). The van der Waals surface area contributed by atoms with Crippen molar-refractivity contribution >= 4 is 35.8 Å². The van der Waals surface area contributed by atoms with Crippen LogP contribution in [0.25, 0.3) is 11.0 Å². The monoisotopic (exact) mass is 218 g/mol. The van der Waals surface area contributed by atoms with Crippen LogP contribution in [0.2, 0.25) is 0 Å². The first-order chi connectivity index (χ1) is 5.36. The summed E-state index contributed by atoms with van der Waals surface area (Å²) in [5.74, 6) is 0. The quantitative estimate of drug-likeness (QED) is 0.733. The van der Waals surface area contributed by atoms with Gasteiger partial charge < -0.3 is 4.98 Å². The van der Waals surface area contributed by atoms with E-state index in [1.165, 1.54) is 6.20 Å². The van der Waals surface area contributed by atoms with Crippen molar-refractivity contribution in [2.75, 3.05) is 0 Å². The number of halogens is 2. The van der Waals surface area contributed by atoms with Gasteiger partial charge in [0.25, 0.3) is 5.56 Å². The van der Waals surface area contributed by atoms with Gasteiger partial charge in [0.15, 0.2) is 0 Å². The van der Waals surface area contributed by atoms with Gasteiger partial charge in [-0.3, -0.25) is 4.79 Å². The molecule has 70 valence electrons. The van der Waals surface area contributed by atoms with Crippen molar-refractivity contribution in [2.45, 2.75) is 0 Å². The summed E-state index contributed by atoms with van der Waals surface area (Å²) in [6, 6.07) is 7.42. The average molecular weight is 219 g/mol. The second-order valence-electron chi connectivity index (χ2n) is 2.26. The summed E-state index contributed by atoms with van der Waals surface area (Å²) in [5, 5.41) is 0. The number of nitrogens with zero attached hydrogens (tertiary/aromatic N) is 1. The van der Waals surface area contributed by atoms with Gasteiger partial charge in [0.05, 0.1) is 17.2 Å². The van der Waals surface area contributed by atoms with Crippen LogP contribution in [0.15, 0.2) is 35.3 Å². The van der Waals surface area contributed by atoms with Crippen LogP contribution in [0.3, 0.4) is 0 Å². The largest absolute Gasteiger partial charge is 0.319 e. The molecule has 1 N–H and O–H groups in total. The highest BCUT2D eigenvalue weighted by Crippen LogP contribution is 2.02. The lowest BCUT2D eigenvalue weighted by molar-refractivity contribution is 1.22. The minimum atomic E-state index is -0.163. The topological polar surface area (TPSA) is 45.8 Å². The number of fused-ring (bicyclic) bond motifs is 1. The molecule has 0 saturated carbocycles. The predicted octanol–water partition coefficient (Wildman–Crippen LogP) is 1.77. The normalized spacial score (nSPS) is 8.62. The van der Waals surface area contributed by atoms with E-state index < -0.39 is 0 Å². The van der Waals surface area contributed by atoms with Crippen LogP contribution in [-0.2, 0) is 0 Å². The Hall–Kier alpha value is -1.06. The number of aromatic nitrogens is 2. The Morgan fingerprint density at radius 2 is 1.85 bits per heavy atom. The van der Waals surface area contributed by atoms with Crippen molar-refractivity contribution in [3.63, 3.8) is 0 Å². The van der Waals surface area contributed by atoms with Gasteiger partial charge in [0.2, 0.25) is 0 Å². The summed E-state index contributed by atoms with van der Waals surface area (Å²) >= 11 is 0. The number of aromatic amines is 1. The van der Waals surface area contributed by atoms with Gasteiger partial charge in [-0.05, 0) is 12.1 Å². The van der Waals surface area contributed by atoms with Gasteiger partial charge in [0, 0.05) is 0 Å². The average Bonchev–Trinajstić information content (AvgIpc) is 2.04. The zero-order chi connectivity index (χ0) is 7.68. The molecule has 0 spiro atoms. The highest BCUT2D eigenvalue weighted by atomic mass is 35.5. The number of nitrogens with one attached hydrogen (secondary N) is 1. The van der Waals surface area contributed by atoms with Crippen LogP contribution in [0.5, 0.6) is 0 Å². The third-order valence-electron chi connectivity index (χ3n) is 1.48. The zero-order valence-electron chi connectivity index (χ0n) is 6.56. The maximum absolute atomic E-state index is 10.8. The second kappa shape index (κ2) is 4.84. The molecule has 1 aromatic heterocycles. The number of rotatable bonds is 0. The molecule has 0 radical (unpaired) electrons. The maximum atomic E-state index is 10.8. The van der Waals surface area contributed by atoms with Gasteiger partial charge >= 0.3 is 0 Å². The third kappa shape index (κ3) is 2.44. The Balaban J connectivity index is 0.000000720. The molecule has 0 aliphatic carbocycles. The van der Waals surface area contributed by atoms with Crippen molar-refractivity contribution in [1.29, 1.82) is 0 Å². The minimum absolute atomic E-state index is 0. The molecule has 13 heavy (non-hydrogen) atoms. The third-order valence-corrected chi connectivity index (χ3v) is 1.48. The molecule has 1 aromatic carbocycles. The molecule has 0 amide bonds. The summed E-state index contributed by atoms with van der Waals surface area (Å²) < 4.78 is 0. The molecule has 0 aliphatic heterocycles. The molecule has 2 aromatic rings. The van der Waals surface area contributed by atoms with Crippen molar-refractivity contribution in [1.82, 2.24) is 9.97 Å². The number of hydrogen-bond acceptors (Lipinski definition) is 2. The van der Waals surface area contributed by atoms with Crippen LogP contribution in [0.4, 0.5) is 0 Å². The fourth-order valence-electron chi connectivity index (χ4n) is 0.985. The van der Waals surface area contributed by atoms with Crippen LogP contribution in [-0.4, -0.2) is 9.97 Å². The molecule has 0 bridgehead atoms. The van der Waals surface area contributed by atoms with E-state index in [4.69, 9.17) is 0 Å². The lowest BCUT2D eigenvalue weighted by Gasteiger charge is -1.92. The van der Waals surface area contributed by atoms with Crippen molar-refractivity contribution < 1.29 is 0 Å². The van der Waals surface area contributed by atoms with Crippen molar-refractivity contribution in [3.05, 3.63) is 40.8 Å². The highest BCUT2D eigenvalue weighted by Gasteiger charge is 1.90. The number of H-pyrrole nitrogens is 1. The number of para-hydroxylation sites is 2. The smallest absolute Gasteiger partial charge is 0.266 e. The van der Waals surface area contributed by atoms with E-state index in [0.717, 1.165) is 11.0 Å². The standard InChI is InChI=1S/C8H6N2O.2ClH/c11-8-5-9-6-3-1-2-4-7(6)10-8;;/h1-5H,(H,10,11);2*1H. The molecule has 0 fully saturated rings. The molecule has 1 heterocycles. The molecule has 0 aliphatic rings. The fraction of sp³-hybridized carbons (Fsp3) is 0. The lowest BCUT2D eigenvalue weighted by atomic mass is 10.3. The van der Waals surface area contributed by atoms with Gasteiger partial charge in [-0.1, -0.05) is 12.1 Å². The van der Waals surface area contributed by atoms with Crippen molar-refractivity contribution in [3.8, 4) is 0 Å². The summed E-state index contributed by atoms with van der Waals surface area (Å²) in [6.45, 7) is 0. The van der Waals surface area contributed by atoms with Crippen LogP contribution in [0, 0.1) is 0 Å². The Bertz CT molecular complexity index is 441. The first kappa shape index (κ1) is 11.9. The zero-order valence-corrected chi connectivity index (χ0v) is 8.19. The van der Waals surface area contributed by atoms with Gasteiger partial charge in [-0.15, -0.1) is 24.8 Å². The van der Waals surface area contributed by atoms with E-state index in [9.17, 15) is 4.79 Å². The van der Waals surface area contributed by atoms with Crippen LogP contribution < -0.4 is 5.56 Å². The Morgan fingerprint density at radius 1 is 1.15 bits per heavy atom. The van der Waals surface area contributed by atoms with E-state index in [1.54, 1.807) is 0 Å². The Kier molecular flexibility index (Phi) is 4.45. The minimum Gasteiger partial charge on any atom is -0.319 e. The number of benzene rings is 1. The van der Waals surface area contributed by atoms with E-state index in [2.05, 4.69) is 9.97 Å². The number of hydrogen-bond donors (Lipinski definition) is 1.